The van der Waals surface area contributed by atoms with Crippen LogP contribution in [-0.4, -0.2) is 5.78 Å². The molecule has 0 aromatic heterocycles. The van der Waals surface area contributed by atoms with Crippen LogP contribution in [0.15, 0.2) is 69.6 Å². The van der Waals surface area contributed by atoms with Crippen molar-refractivity contribution in [1.29, 1.82) is 0 Å². The van der Waals surface area contributed by atoms with Crippen molar-refractivity contribution < 1.29 is 9.18 Å². The van der Waals surface area contributed by atoms with Crippen LogP contribution in [0.5, 0.6) is 0 Å². The molecular formula is C21H25FN2O. The molecule has 3 nitrogen and oxygen atoms in total. The van der Waals surface area contributed by atoms with Gasteiger partial charge in [-0.2, -0.15) is 10.2 Å². The fourth-order valence-electron chi connectivity index (χ4n) is 2.54. The van der Waals surface area contributed by atoms with Gasteiger partial charge in [-0.05, 0) is 40.7 Å². The molecule has 2 rings (SSSR count). The molecule has 0 bridgehead atoms. The predicted molar refractivity (Wildman–Crippen MR) is 99.1 cm³/mol. The minimum atomic E-state index is -0.350. The largest absolute Gasteiger partial charge is 0.289 e. The van der Waals surface area contributed by atoms with Crippen LogP contribution in [0.4, 0.5) is 10.1 Å². The summed E-state index contributed by atoms with van der Waals surface area (Å²) in [5.41, 5.74) is 2.25. The van der Waals surface area contributed by atoms with Crippen LogP contribution in [-0.2, 0) is 4.79 Å². The van der Waals surface area contributed by atoms with E-state index in [1.54, 1.807) is 18.3 Å². The Morgan fingerprint density at radius 2 is 1.52 bits per heavy atom. The summed E-state index contributed by atoms with van der Waals surface area (Å²) >= 11 is 0. The van der Waals surface area contributed by atoms with Gasteiger partial charge < -0.3 is 0 Å². The normalized spacial score (nSPS) is 16.1. The van der Waals surface area contributed by atoms with Crippen molar-refractivity contribution in [2.24, 2.45) is 21.1 Å². The van der Waals surface area contributed by atoms with Crippen molar-refractivity contribution in [2.75, 3.05) is 0 Å². The van der Waals surface area contributed by atoms with Gasteiger partial charge in [0.1, 0.15) is 5.82 Å². The van der Waals surface area contributed by atoms with E-state index in [2.05, 4.69) is 10.2 Å². The van der Waals surface area contributed by atoms with E-state index in [0.29, 0.717) is 5.69 Å². The molecular weight excluding hydrogens is 315 g/mol. The molecule has 0 radical (unpaired) electrons. The number of benzene rings is 1. The first-order chi connectivity index (χ1) is 11.5. The molecule has 1 aliphatic rings. The summed E-state index contributed by atoms with van der Waals surface area (Å²) in [6.07, 6.45) is 5.33. The SMILES string of the molecule is CC(C)(C)C1=CC(=CN=Nc2cccc(F)c2)C=C(C(C)(C)C)C1=O. The lowest BCUT2D eigenvalue weighted by Crippen LogP contribution is -2.27. The molecule has 0 saturated carbocycles. The zero-order chi connectivity index (χ0) is 18.8. The standard InChI is InChI=1S/C21H25FN2O/c1-20(2,3)17-10-14(11-18(19(17)25)21(4,5)6)13-23-24-16-9-7-8-15(22)12-16/h7-13H,1-6H3. The number of ketones is 1. The summed E-state index contributed by atoms with van der Waals surface area (Å²) in [6.45, 7) is 12.1. The fraction of sp³-hybridized carbons (Fsp3) is 0.381. The Balaban J connectivity index is 2.41. The van der Waals surface area contributed by atoms with Crippen molar-refractivity contribution in [3.05, 3.63) is 65.2 Å². The Kier molecular flexibility index (Phi) is 5.21. The highest BCUT2D eigenvalue weighted by Gasteiger charge is 2.33. The Hall–Kier alpha value is -2.36. The fourth-order valence-corrected chi connectivity index (χ4v) is 2.54. The van der Waals surface area contributed by atoms with Crippen molar-refractivity contribution in [1.82, 2.24) is 0 Å². The maximum absolute atomic E-state index is 13.2. The Labute approximate surface area is 149 Å². The number of allylic oxidation sites excluding steroid dienone is 5. The van der Waals surface area contributed by atoms with Gasteiger partial charge in [0.05, 0.1) is 11.9 Å². The first kappa shape index (κ1) is 19.0. The van der Waals surface area contributed by atoms with Crippen LogP contribution < -0.4 is 0 Å². The number of carbonyl (C=O) groups is 1. The van der Waals surface area contributed by atoms with E-state index in [1.165, 1.54) is 12.1 Å². The number of halogens is 1. The lowest BCUT2D eigenvalue weighted by molar-refractivity contribution is -0.114. The number of nitrogens with zero attached hydrogens (tertiary/aromatic N) is 2. The third-order valence-corrected chi connectivity index (χ3v) is 3.92. The van der Waals surface area contributed by atoms with E-state index in [1.807, 2.05) is 53.7 Å². The maximum atomic E-state index is 13.2. The first-order valence-corrected chi connectivity index (χ1v) is 8.34. The van der Waals surface area contributed by atoms with Crippen LogP contribution in [0, 0.1) is 16.6 Å². The lowest BCUT2D eigenvalue weighted by Gasteiger charge is -2.31. The van der Waals surface area contributed by atoms with Crippen LogP contribution >= 0.6 is 0 Å². The summed E-state index contributed by atoms with van der Waals surface area (Å²) in [4.78, 5) is 12.8. The second kappa shape index (κ2) is 6.87. The van der Waals surface area contributed by atoms with E-state index >= 15 is 0 Å². The molecule has 0 saturated heterocycles. The zero-order valence-corrected chi connectivity index (χ0v) is 15.7. The highest BCUT2D eigenvalue weighted by molar-refractivity contribution is 6.11. The summed E-state index contributed by atoms with van der Waals surface area (Å²) < 4.78 is 13.2. The number of rotatable bonds is 2. The maximum Gasteiger partial charge on any atom is 0.186 e. The average Bonchev–Trinajstić information content (AvgIpc) is 2.46. The van der Waals surface area contributed by atoms with Gasteiger partial charge in [-0.25, -0.2) is 4.39 Å². The molecule has 0 aliphatic heterocycles. The molecule has 0 heterocycles. The second-order valence-corrected chi connectivity index (χ2v) is 8.27. The van der Waals surface area contributed by atoms with Gasteiger partial charge in [-0.15, -0.1) is 0 Å². The number of carbonyl (C=O) groups excluding carboxylic acids is 1. The van der Waals surface area contributed by atoms with Crippen molar-refractivity contribution >= 4 is 11.5 Å². The van der Waals surface area contributed by atoms with Gasteiger partial charge in [0.25, 0.3) is 0 Å². The van der Waals surface area contributed by atoms with Crippen LogP contribution in [0.1, 0.15) is 41.5 Å². The summed E-state index contributed by atoms with van der Waals surface area (Å²) in [5.74, 6) is -0.267. The van der Waals surface area contributed by atoms with E-state index in [4.69, 9.17) is 0 Å². The molecule has 132 valence electrons. The molecule has 1 aromatic carbocycles. The van der Waals surface area contributed by atoms with Gasteiger partial charge in [-0.1, -0.05) is 47.6 Å². The minimum absolute atomic E-state index is 0.0826. The Morgan fingerprint density at radius 3 is 2.00 bits per heavy atom. The van der Waals surface area contributed by atoms with Crippen molar-refractivity contribution in [3.8, 4) is 0 Å². The summed E-state index contributed by atoms with van der Waals surface area (Å²) in [6, 6.07) is 5.95. The number of hydrogen-bond donors (Lipinski definition) is 0. The van der Waals surface area contributed by atoms with E-state index in [0.717, 1.165) is 16.7 Å². The lowest BCUT2D eigenvalue weighted by atomic mass is 9.72. The van der Waals surface area contributed by atoms with E-state index in [9.17, 15) is 9.18 Å². The first-order valence-electron chi connectivity index (χ1n) is 8.34. The number of azo groups is 1. The molecule has 1 aliphatic carbocycles. The predicted octanol–water partition coefficient (Wildman–Crippen LogP) is 6.32. The van der Waals surface area contributed by atoms with Gasteiger partial charge in [0.15, 0.2) is 5.78 Å². The van der Waals surface area contributed by atoms with E-state index < -0.39 is 0 Å². The number of Topliss-reactive ketones (excluding diaryl/α,β-unsaturated/α-hetero) is 1. The Bertz CT molecular complexity index is 764. The molecule has 0 N–H and O–H groups in total. The van der Waals surface area contributed by atoms with Gasteiger partial charge in [0.2, 0.25) is 0 Å². The molecule has 0 unspecified atom stereocenters. The number of hydrogen-bond acceptors (Lipinski definition) is 3. The zero-order valence-electron chi connectivity index (χ0n) is 15.7. The molecule has 1 aromatic rings. The molecule has 0 amide bonds. The average molecular weight is 340 g/mol. The Morgan fingerprint density at radius 1 is 0.960 bits per heavy atom. The third-order valence-electron chi connectivity index (χ3n) is 3.92. The smallest absolute Gasteiger partial charge is 0.186 e. The molecule has 0 fully saturated rings. The quantitative estimate of drug-likeness (QED) is 0.581. The minimum Gasteiger partial charge on any atom is -0.289 e. The second-order valence-electron chi connectivity index (χ2n) is 8.27. The molecule has 0 spiro atoms. The highest BCUT2D eigenvalue weighted by atomic mass is 19.1. The van der Waals surface area contributed by atoms with Crippen molar-refractivity contribution in [3.63, 3.8) is 0 Å². The van der Waals surface area contributed by atoms with Gasteiger partial charge >= 0.3 is 0 Å². The molecule has 0 atom stereocenters. The monoisotopic (exact) mass is 340 g/mol. The molecule has 25 heavy (non-hydrogen) atoms. The summed E-state index contributed by atoms with van der Waals surface area (Å²) in [7, 11) is 0. The van der Waals surface area contributed by atoms with E-state index in [-0.39, 0.29) is 22.4 Å². The van der Waals surface area contributed by atoms with Gasteiger partial charge in [0, 0.05) is 17.2 Å². The van der Waals surface area contributed by atoms with Gasteiger partial charge in [-0.3, -0.25) is 4.79 Å². The van der Waals surface area contributed by atoms with Crippen molar-refractivity contribution in [2.45, 2.75) is 41.5 Å². The van der Waals surface area contributed by atoms with Crippen LogP contribution in [0.2, 0.25) is 0 Å². The highest BCUT2D eigenvalue weighted by Crippen LogP contribution is 2.38. The third kappa shape index (κ3) is 4.81. The topological polar surface area (TPSA) is 41.8 Å². The summed E-state index contributed by atoms with van der Waals surface area (Å²) in [5, 5.41) is 8.08. The molecule has 4 heteroatoms. The van der Waals surface area contributed by atoms with Crippen LogP contribution in [0.3, 0.4) is 0 Å². The van der Waals surface area contributed by atoms with Crippen LogP contribution in [0.25, 0.3) is 0 Å².